The number of alkyl carbamates (subject to hydrolysis) is 1. The van der Waals surface area contributed by atoms with Crippen LogP contribution in [0.3, 0.4) is 0 Å². The smallest absolute Gasteiger partial charge is 0.407 e. The van der Waals surface area contributed by atoms with E-state index in [0.717, 1.165) is 35.6 Å². The molecule has 0 bridgehead atoms. The largest absolute Gasteiger partial charge is 0.447 e. The van der Waals surface area contributed by atoms with E-state index in [1.165, 1.54) is 0 Å². The van der Waals surface area contributed by atoms with Gasteiger partial charge in [-0.3, -0.25) is 0 Å². The van der Waals surface area contributed by atoms with Crippen LogP contribution in [0.15, 0.2) is 53.7 Å². The molecule has 2 aliphatic rings. The van der Waals surface area contributed by atoms with Crippen LogP contribution in [0.1, 0.15) is 63.3 Å². The Bertz CT molecular complexity index is 1350. The van der Waals surface area contributed by atoms with Gasteiger partial charge in [0.05, 0.1) is 26.1 Å². The summed E-state index contributed by atoms with van der Waals surface area (Å²) in [7, 11) is -3.48. The van der Waals surface area contributed by atoms with Gasteiger partial charge in [0, 0.05) is 42.0 Å². The predicted octanol–water partition coefficient (Wildman–Crippen LogP) is 6.09. The van der Waals surface area contributed by atoms with Gasteiger partial charge >= 0.3 is 6.09 Å². The van der Waals surface area contributed by atoms with Crippen LogP contribution in [0.5, 0.6) is 11.6 Å². The van der Waals surface area contributed by atoms with E-state index in [-0.39, 0.29) is 34.3 Å². The molecule has 1 amide bonds. The molecule has 2 saturated carbocycles. The summed E-state index contributed by atoms with van der Waals surface area (Å²) in [5.41, 5.74) is 0.663. The van der Waals surface area contributed by atoms with Crippen molar-refractivity contribution in [3.8, 4) is 22.1 Å². The van der Waals surface area contributed by atoms with Crippen LogP contribution >= 0.6 is 11.3 Å². The van der Waals surface area contributed by atoms with Gasteiger partial charge in [0.25, 0.3) is 0 Å². The van der Waals surface area contributed by atoms with Crippen LogP contribution in [0.2, 0.25) is 0 Å². The zero-order valence-corrected chi connectivity index (χ0v) is 22.6. The third-order valence-electron chi connectivity index (χ3n) is 6.61. The van der Waals surface area contributed by atoms with Gasteiger partial charge in [-0.2, -0.15) is 0 Å². The van der Waals surface area contributed by atoms with Crippen LogP contribution in [0.4, 0.5) is 4.79 Å². The number of aromatic nitrogens is 2. The monoisotopic (exact) mass is 541 g/mol. The molecule has 0 atom stereocenters. The summed E-state index contributed by atoms with van der Waals surface area (Å²) >= 11 is 1.55. The lowest BCUT2D eigenvalue weighted by molar-refractivity contribution is 0.109. The van der Waals surface area contributed by atoms with Gasteiger partial charge in [0.2, 0.25) is 5.88 Å². The molecule has 5 rings (SSSR count). The Kier molecular flexibility index (Phi) is 7.48. The summed E-state index contributed by atoms with van der Waals surface area (Å²) in [4.78, 5) is 21.9. The van der Waals surface area contributed by atoms with E-state index in [2.05, 4.69) is 15.3 Å². The summed E-state index contributed by atoms with van der Waals surface area (Å²) in [5.74, 6) is 1.13. The summed E-state index contributed by atoms with van der Waals surface area (Å²) in [6.45, 7) is 3.66. The molecule has 1 aromatic carbocycles. The zero-order chi connectivity index (χ0) is 26.0. The van der Waals surface area contributed by atoms with Crippen LogP contribution < -0.4 is 10.1 Å². The molecular formula is C27H31N3O5S2. The average molecular weight is 542 g/mol. The second-order valence-corrected chi connectivity index (χ2v) is 13.1. The molecule has 0 radical (unpaired) electrons. The fourth-order valence-corrected chi connectivity index (χ4v) is 7.66. The van der Waals surface area contributed by atoms with Crippen LogP contribution in [0.25, 0.3) is 10.4 Å². The Hall–Kier alpha value is -2.98. The maximum absolute atomic E-state index is 13.4. The Labute approximate surface area is 221 Å². The number of rotatable bonds is 8. The molecule has 2 aromatic heterocycles. The van der Waals surface area contributed by atoms with E-state index in [0.29, 0.717) is 30.0 Å². The summed E-state index contributed by atoms with van der Waals surface area (Å²) in [6, 6.07) is 10.7. The van der Waals surface area contributed by atoms with Crippen molar-refractivity contribution in [2.24, 2.45) is 0 Å². The van der Waals surface area contributed by atoms with Crippen molar-refractivity contribution in [1.82, 2.24) is 15.3 Å². The highest BCUT2D eigenvalue weighted by molar-refractivity contribution is 7.92. The van der Waals surface area contributed by atoms with Gasteiger partial charge in [-0.15, -0.1) is 11.3 Å². The van der Waals surface area contributed by atoms with E-state index in [1.54, 1.807) is 48.0 Å². The van der Waals surface area contributed by atoms with Gasteiger partial charge < -0.3 is 14.8 Å². The molecule has 10 heteroatoms. The number of hydrogen-bond acceptors (Lipinski definition) is 8. The predicted molar refractivity (Wildman–Crippen MR) is 142 cm³/mol. The van der Waals surface area contributed by atoms with E-state index < -0.39 is 9.84 Å². The minimum atomic E-state index is -3.48. The lowest BCUT2D eigenvalue weighted by Crippen LogP contribution is -2.38. The number of hydrogen-bond donors (Lipinski definition) is 1. The Morgan fingerprint density at radius 1 is 1.05 bits per heavy atom. The van der Waals surface area contributed by atoms with Crippen molar-refractivity contribution in [3.63, 3.8) is 0 Å². The second kappa shape index (κ2) is 10.8. The van der Waals surface area contributed by atoms with Crippen molar-refractivity contribution < 1.29 is 22.7 Å². The first kappa shape index (κ1) is 25.7. The molecule has 196 valence electrons. The molecule has 0 spiro atoms. The first-order valence-corrected chi connectivity index (χ1v) is 15.1. The zero-order valence-electron chi connectivity index (χ0n) is 20.9. The number of nitrogens with zero attached hydrogens (tertiary/aromatic N) is 2. The number of carbonyl (C=O) groups excluding carboxylic acids is 1. The van der Waals surface area contributed by atoms with Gasteiger partial charge in [-0.1, -0.05) is 6.07 Å². The molecule has 8 nitrogen and oxygen atoms in total. The highest BCUT2D eigenvalue weighted by Gasteiger charge is 2.39. The van der Waals surface area contributed by atoms with Crippen molar-refractivity contribution in [1.29, 1.82) is 0 Å². The Morgan fingerprint density at radius 3 is 2.51 bits per heavy atom. The maximum atomic E-state index is 13.4. The standard InChI is InChI=1S/C27H31N3O5S2/c1-17(2)34-27(31)30-19-8-6-18(7-9-19)26-29-16-23(36-26)22-13-10-20(35-25-5-3-4-14-28-25)15-24(22)37(32,33)21-11-12-21/h3-5,10,13-19,21H,6-9,11-12H2,1-2H3,(H,30,31). The number of thiazole rings is 1. The number of amides is 1. The molecule has 2 fully saturated rings. The van der Waals surface area contributed by atoms with Crippen LogP contribution in [-0.2, 0) is 14.6 Å². The molecule has 3 aromatic rings. The number of nitrogens with one attached hydrogen (secondary N) is 1. The third-order valence-corrected chi connectivity index (χ3v) is 10.1. The maximum Gasteiger partial charge on any atom is 0.407 e. The number of ether oxygens (including phenoxy) is 2. The molecule has 0 saturated heterocycles. The normalized spacial score (nSPS) is 20.0. The van der Waals surface area contributed by atoms with Crippen molar-refractivity contribution >= 4 is 27.3 Å². The topological polar surface area (TPSA) is 107 Å². The SMILES string of the molecule is CC(C)OC(=O)NC1CCC(c2ncc(-c3ccc(Oc4ccccn4)cc3S(=O)(=O)C3CC3)s2)CC1. The van der Waals surface area contributed by atoms with E-state index in [9.17, 15) is 13.2 Å². The second-order valence-electron chi connectivity index (χ2n) is 9.88. The first-order valence-electron chi connectivity index (χ1n) is 12.7. The lowest BCUT2D eigenvalue weighted by Gasteiger charge is -2.28. The number of benzene rings is 1. The van der Waals surface area contributed by atoms with Crippen LogP contribution in [0, 0.1) is 0 Å². The molecular weight excluding hydrogens is 510 g/mol. The lowest BCUT2D eigenvalue weighted by atomic mass is 9.86. The fourth-order valence-electron chi connectivity index (χ4n) is 4.59. The van der Waals surface area contributed by atoms with Gasteiger partial charge in [0.15, 0.2) is 9.84 Å². The van der Waals surface area contributed by atoms with Gasteiger partial charge in [-0.05, 0) is 70.6 Å². The minimum Gasteiger partial charge on any atom is -0.447 e. The highest BCUT2D eigenvalue weighted by Crippen LogP contribution is 2.43. The molecule has 1 N–H and O–H groups in total. The van der Waals surface area contributed by atoms with Crippen LogP contribution in [-0.4, -0.2) is 41.9 Å². The summed E-state index contributed by atoms with van der Waals surface area (Å²) < 4.78 is 37.8. The number of sulfone groups is 1. The Morgan fingerprint density at radius 2 is 1.84 bits per heavy atom. The average Bonchev–Trinajstić information content (AvgIpc) is 3.63. The molecule has 2 aliphatic carbocycles. The third kappa shape index (κ3) is 6.13. The molecule has 2 heterocycles. The molecule has 37 heavy (non-hydrogen) atoms. The quantitative estimate of drug-likeness (QED) is 0.367. The van der Waals surface area contributed by atoms with E-state index in [1.807, 2.05) is 26.0 Å². The summed E-state index contributed by atoms with van der Waals surface area (Å²) in [6.07, 6.45) is 7.79. The summed E-state index contributed by atoms with van der Waals surface area (Å²) in [5, 5.41) is 3.62. The van der Waals surface area contributed by atoms with Gasteiger partial charge in [-0.25, -0.2) is 23.2 Å². The fraction of sp³-hybridized carbons (Fsp3) is 0.444. The Balaban J connectivity index is 1.33. The molecule has 0 unspecified atom stereocenters. The van der Waals surface area contributed by atoms with Crippen molar-refractivity contribution in [2.45, 2.75) is 80.6 Å². The molecule has 0 aliphatic heterocycles. The number of pyridine rings is 1. The van der Waals surface area contributed by atoms with E-state index in [4.69, 9.17) is 9.47 Å². The number of carbonyl (C=O) groups is 1. The van der Waals surface area contributed by atoms with Crippen molar-refractivity contribution in [2.75, 3.05) is 0 Å². The van der Waals surface area contributed by atoms with Crippen molar-refractivity contribution in [3.05, 3.63) is 53.8 Å². The van der Waals surface area contributed by atoms with Gasteiger partial charge in [0.1, 0.15) is 5.75 Å². The first-order chi connectivity index (χ1) is 17.8. The minimum absolute atomic E-state index is 0.101. The van der Waals surface area contributed by atoms with E-state index >= 15 is 0 Å². The highest BCUT2D eigenvalue weighted by atomic mass is 32.2.